The van der Waals surface area contributed by atoms with E-state index in [4.69, 9.17) is 14.2 Å². The Labute approximate surface area is 218 Å². The molecule has 0 spiro atoms. The second-order valence-electron chi connectivity index (χ2n) is 9.87. The van der Waals surface area contributed by atoms with E-state index in [9.17, 15) is 13.2 Å². The van der Waals surface area contributed by atoms with Crippen molar-refractivity contribution < 1.29 is 27.4 Å². The van der Waals surface area contributed by atoms with Crippen LogP contribution in [-0.2, 0) is 31.6 Å². The summed E-state index contributed by atoms with van der Waals surface area (Å²) in [4.78, 5) is 13.4. The van der Waals surface area contributed by atoms with Crippen molar-refractivity contribution in [2.24, 2.45) is 0 Å². The molecule has 0 unspecified atom stereocenters. The van der Waals surface area contributed by atoms with Crippen LogP contribution in [0, 0.1) is 0 Å². The number of hydrogen-bond donors (Lipinski definition) is 1. The summed E-state index contributed by atoms with van der Waals surface area (Å²) in [5, 5.41) is 2.85. The van der Waals surface area contributed by atoms with Crippen molar-refractivity contribution in [3.05, 3.63) is 77.9 Å². The van der Waals surface area contributed by atoms with Crippen molar-refractivity contribution in [1.29, 1.82) is 0 Å². The first-order chi connectivity index (χ1) is 17.5. The van der Waals surface area contributed by atoms with Crippen molar-refractivity contribution in [1.82, 2.24) is 0 Å². The monoisotopic (exact) mass is 524 g/mol. The summed E-state index contributed by atoms with van der Waals surface area (Å²) < 4.78 is 45.3. The van der Waals surface area contributed by atoms with Gasteiger partial charge in [-0.15, -0.1) is 0 Å². The molecule has 0 radical (unpaired) electrons. The highest BCUT2D eigenvalue weighted by Crippen LogP contribution is 2.40. The lowest BCUT2D eigenvalue weighted by atomic mass is 9.86. The third-order valence-electron chi connectivity index (χ3n) is 6.14. The number of sulfonamides is 1. The van der Waals surface area contributed by atoms with Crippen LogP contribution in [0.5, 0.6) is 11.5 Å². The summed E-state index contributed by atoms with van der Waals surface area (Å²) >= 11 is 0. The second-order valence-corrected chi connectivity index (χ2v) is 11.7. The van der Waals surface area contributed by atoms with Crippen molar-refractivity contribution >= 4 is 27.3 Å². The van der Waals surface area contributed by atoms with Gasteiger partial charge in [-0.05, 0) is 65.1 Å². The highest BCUT2D eigenvalue weighted by Gasteiger charge is 2.38. The van der Waals surface area contributed by atoms with Gasteiger partial charge in [0.15, 0.2) is 6.10 Å². The van der Waals surface area contributed by atoms with Gasteiger partial charge in [-0.25, -0.2) is 8.42 Å². The summed E-state index contributed by atoms with van der Waals surface area (Å²) in [6.07, 6.45) is -1.06. The molecule has 3 aromatic rings. The van der Waals surface area contributed by atoms with Crippen LogP contribution >= 0.6 is 0 Å². The average Bonchev–Trinajstić information content (AvgIpc) is 2.87. The third-order valence-corrected chi connectivity index (χ3v) is 7.93. The lowest BCUT2D eigenvalue weighted by molar-refractivity contribution is -0.122. The van der Waals surface area contributed by atoms with Gasteiger partial charge in [0.05, 0.1) is 30.8 Å². The summed E-state index contributed by atoms with van der Waals surface area (Å²) in [5.74, 6) is 0.420. The number of ether oxygens (including phenoxy) is 3. The lowest BCUT2D eigenvalue weighted by Gasteiger charge is -2.36. The highest BCUT2D eigenvalue weighted by atomic mass is 32.2. The molecule has 1 aliphatic heterocycles. The molecule has 0 saturated carbocycles. The number of hydrogen-bond acceptors (Lipinski definition) is 6. The topological polar surface area (TPSA) is 94.2 Å². The van der Waals surface area contributed by atoms with E-state index in [1.54, 1.807) is 37.4 Å². The fraction of sp³-hybridized carbons (Fsp3) is 0.321. The largest absolute Gasteiger partial charge is 0.497 e. The minimum atomic E-state index is -4.01. The Hall–Kier alpha value is -3.56. The van der Waals surface area contributed by atoms with Crippen LogP contribution in [0.15, 0.2) is 71.6 Å². The first-order valence-corrected chi connectivity index (χ1v) is 13.3. The number of methoxy groups -OCH3 is 2. The molecule has 1 atom stereocenters. The van der Waals surface area contributed by atoms with Gasteiger partial charge in [-0.2, -0.15) is 0 Å². The lowest BCUT2D eigenvalue weighted by Crippen LogP contribution is -2.49. The second kappa shape index (κ2) is 10.4. The number of carbonyl (C=O) groups is 1. The molecule has 1 amide bonds. The Bertz CT molecular complexity index is 1380. The third kappa shape index (κ3) is 5.73. The Balaban J connectivity index is 1.71. The van der Waals surface area contributed by atoms with E-state index >= 15 is 0 Å². The number of carbonyl (C=O) groups excluding carboxylic acids is 1. The van der Waals surface area contributed by atoms with Crippen molar-refractivity contribution in [3.63, 3.8) is 0 Å². The van der Waals surface area contributed by atoms with Crippen LogP contribution in [0.25, 0.3) is 0 Å². The summed E-state index contributed by atoms with van der Waals surface area (Å²) in [6, 6.07) is 18.9. The van der Waals surface area contributed by atoms with E-state index in [0.717, 1.165) is 11.1 Å². The zero-order valence-electron chi connectivity index (χ0n) is 21.6. The zero-order chi connectivity index (χ0) is 26.8. The van der Waals surface area contributed by atoms with Crippen LogP contribution < -0.4 is 19.1 Å². The van der Waals surface area contributed by atoms with Crippen molar-refractivity contribution in [2.75, 3.05) is 30.4 Å². The number of anilines is 2. The minimum absolute atomic E-state index is 0.0914. The quantitative estimate of drug-likeness (QED) is 0.480. The smallest absolute Gasteiger partial charge is 0.267 e. The van der Waals surface area contributed by atoms with Gasteiger partial charge in [0.1, 0.15) is 11.5 Å². The van der Waals surface area contributed by atoms with Crippen molar-refractivity contribution in [3.8, 4) is 11.5 Å². The zero-order valence-corrected chi connectivity index (χ0v) is 22.5. The van der Waals surface area contributed by atoms with Gasteiger partial charge in [0.25, 0.3) is 15.9 Å². The maximum absolute atomic E-state index is 13.8. The number of benzene rings is 3. The molecular formula is C28H32N2O6S. The molecule has 0 saturated heterocycles. The number of nitrogens with zero attached hydrogens (tertiary/aromatic N) is 1. The molecule has 9 heteroatoms. The molecule has 37 heavy (non-hydrogen) atoms. The molecule has 196 valence electrons. The standard InChI is InChI=1S/C28H32N2O6S/c1-28(2,3)20-9-14-25-24(16-20)30(37(32,33)23-12-10-22(35-5)11-13-23)17-26(36-25)27(31)29-21-8-6-7-19(15-21)18-34-4/h6-16,26H,17-18H2,1-5H3,(H,29,31)/t26-/m0/s1. The first-order valence-electron chi connectivity index (χ1n) is 11.9. The van der Waals surface area contributed by atoms with E-state index in [1.165, 1.54) is 23.5 Å². The predicted octanol–water partition coefficient (Wildman–Crippen LogP) is 4.73. The molecule has 0 aliphatic carbocycles. The van der Waals surface area contributed by atoms with Gasteiger partial charge < -0.3 is 19.5 Å². The highest BCUT2D eigenvalue weighted by molar-refractivity contribution is 7.92. The number of amides is 1. The number of fused-ring (bicyclic) bond motifs is 1. The van der Waals surface area contributed by atoms with Crippen molar-refractivity contribution in [2.45, 2.75) is 43.8 Å². The fourth-order valence-corrected chi connectivity index (χ4v) is 5.55. The number of rotatable bonds is 7. The first kappa shape index (κ1) is 26.5. The Morgan fingerprint density at radius 1 is 1.05 bits per heavy atom. The van der Waals surface area contributed by atoms with E-state index in [1.807, 2.05) is 24.3 Å². The molecule has 0 fully saturated rings. The van der Waals surface area contributed by atoms with Gasteiger partial charge in [-0.1, -0.05) is 39.0 Å². The van der Waals surface area contributed by atoms with Gasteiger partial charge in [0, 0.05) is 12.8 Å². The van der Waals surface area contributed by atoms with Gasteiger partial charge in [0.2, 0.25) is 0 Å². The normalized spacial score (nSPS) is 15.5. The summed E-state index contributed by atoms with van der Waals surface area (Å²) in [7, 11) is -0.898. The molecule has 8 nitrogen and oxygen atoms in total. The molecule has 1 heterocycles. The van der Waals surface area contributed by atoms with Gasteiger partial charge in [-0.3, -0.25) is 9.10 Å². The van der Waals surface area contributed by atoms with E-state index in [0.29, 0.717) is 29.5 Å². The molecule has 0 bridgehead atoms. The van der Waals surface area contributed by atoms with E-state index < -0.39 is 22.0 Å². The molecule has 4 rings (SSSR count). The molecular weight excluding hydrogens is 492 g/mol. The Morgan fingerprint density at radius 3 is 2.43 bits per heavy atom. The van der Waals surface area contributed by atoms with E-state index in [2.05, 4.69) is 26.1 Å². The van der Waals surface area contributed by atoms with Crippen LogP contribution in [0.1, 0.15) is 31.9 Å². The van der Waals surface area contributed by atoms with Crippen LogP contribution in [0.3, 0.4) is 0 Å². The van der Waals surface area contributed by atoms with Crippen LogP contribution in [-0.4, -0.2) is 41.2 Å². The molecule has 0 aromatic heterocycles. The summed E-state index contributed by atoms with van der Waals surface area (Å²) in [6.45, 7) is 6.37. The number of nitrogens with one attached hydrogen (secondary N) is 1. The maximum atomic E-state index is 13.8. The van der Waals surface area contributed by atoms with E-state index in [-0.39, 0.29) is 16.9 Å². The van der Waals surface area contributed by atoms with Crippen LogP contribution in [0.2, 0.25) is 0 Å². The summed E-state index contributed by atoms with van der Waals surface area (Å²) in [5.41, 5.74) is 2.60. The SMILES string of the molecule is COCc1cccc(NC(=O)[C@@H]2CN(S(=O)(=O)c3ccc(OC)cc3)c3cc(C(C)(C)C)ccc3O2)c1. The molecule has 1 aliphatic rings. The van der Waals surface area contributed by atoms with Gasteiger partial charge >= 0.3 is 0 Å². The molecule has 3 aromatic carbocycles. The Kier molecular flexibility index (Phi) is 7.47. The predicted molar refractivity (Wildman–Crippen MR) is 143 cm³/mol. The Morgan fingerprint density at radius 2 is 1.78 bits per heavy atom. The van der Waals surface area contributed by atoms with Crippen LogP contribution in [0.4, 0.5) is 11.4 Å². The minimum Gasteiger partial charge on any atom is -0.497 e. The maximum Gasteiger partial charge on any atom is 0.267 e. The fourth-order valence-electron chi connectivity index (χ4n) is 4.09. The molecule has 1 N–H and O–H groups in total. The average molecular weight is 525 g/mol.